The minimum absolute atomic E-state index is 0.0380. The first kappa shape index (κ1) is 13.0. The van der Waals surface area contributed by atoms with Crippen LogP contribution in [0.1, 0.15) is 37.9 Å². The van der Waals surface area contributed by atoms with Gasteiger partial charge < -0.3 is 15.2 Å². The summed E-state index contributed by atoms with van der Waals surface area (Å²) in [5.41, 5.74) is 8.03. The maximum atomic E-state index is 5.85. The zero-order valence-electron chi connectivity index (χ0n) is 10.3. The maximum Gasteiger partial charge on any atom is 0.124 e. The summed E-state index contributed by atoms with van der Waals surface area (Å²) in [5, 5.41) is 0. The molecule has 0 aromatic heterocycles. The Bertz CT molecular complexity index is 324. The van der Waals surface area contributed by atoms with Crippen molar-refractivity contribution < 1.29 is 9.47 Å². The minimum Gasteiger partial charge on any atom is -0.494 e. The molecule has 2 N–H and O–H groups in total. The number of hydrogen-bond donors (Lipinski definition) is 1. The van der Waals surface area contributed by atoms with Gasteiger partial charge in [-0.25, -0.2) is 0 Å². The van der Waals surface area contributed by atoms with Crippen LogP contribution in [0.25, 0.3) is 0 Å². The third-order valence-electron chi connectivity index (χ3n) is 2.37. The second kappa shape index (κ2) is 6.51. The molecule has 0 aliphatic carbocycles. The molecular weight excluding hydrogens is 202 g/mol. The quantitative estimate of drug-likeness (QED) is 0.806. The summed E-state index contributed by atoms with van der Waals surface area (Å²) in [6.45, 7) is 7.87. The molecule has 90 valence electrons. The van der Waals surface area contributed by atoms with Crippen molar-refractivity contribution in [3.8, 4) is 5.75 Å². The Labute approximate surface area is 97.6 Å². The number of ether oxygens (including phenoxy) is 2. The van der Waals surface area contributed by atoms with Gasteiger partial charge in [-0.3, -0.25) is 0 Å². The van der Waals surface area contributed by atoms with Gasteiger partial charge in [-0.2, -0.15) is 0 Å². The highest BCUT2D eigenvalue weighted by molar-refractivity contribution is 5.38. The van der Waals surface area contributed by atoms with Gasteiger partial charge in [0.2, 0.25) is 0 Å². The van der Waals surface area contributed by atoms with Gasteiger partial charge in [-0.1, -0.05) is 6.07 Å². The van der Waals surface area contributed by atoms with E-state index in [1.54, 1.807) is 0 Å². The van der Waals surface area contributed by atoms with Crippen LogP contribution in [-0.4, -0.2) is 13.2 Å². The monoisotopic (exact) mass is 223 g/mol. The molecule has 3 nitrogen and oxygen atoms in total. The van der Waals surface area contributed by atoms with E-state index in [0.717, 1.165) is 16.9 Å². The fourth-order valence-electron chi connectivity index (χ4n) is 1.50. The molecule has 0 fully saturated rings. The van der Waals surface area contributed by atoms with Crippen LogP contribution in [0, 0.1) is 0 Å². The summed E-state index contributed by atoms with van der Waals surface area (Å²) in [7, 11) is 0. The molecule has 1 rings (SSSR count). The number of nitrogens with two attached hydrogens (primary N) is 1. The van der Waals surface area contributed by atoms with Crippen molar-refractivity contribution in [2.45, 2.75) is 33.4 Å². The molecule has 0 amide bonds. The molecule has 0 heterocycles. The van der Waals surface area contributed by atoms with E-state index >= 15 is 0 Å². The largest absolute Gasteiger partial charge is 0.494 e. The van der Waals surface area contributed by atoms with Gasteiger partial charge in [0, 0.05) is 18.2 Å². The molecule has 3 heteroatoms. The molecule has 0 radical (unpaired) electrons. The van der Waals surface area contributed by atoms with Crippen LogP contribution in [0.15, 0.2) is 18.2 Å². The summed E-state index contributed by atoms with van der Waals surface area (Å²) >= 11 is 0. The minimum atomic E-state index is 0.0380. The van der Waals surface area contributed by atoms with E-state index in [0.29, 0.717) is 19.8 Å². The Morgan fingerprint density at radius 1 is 1.25 bits per heavy atom. The summed E-state index contributed by atoms with van der Waals surface area (Å²) in [5.74, 6) is 0.889. The second-order valence-electron chi connectivity index (χ2n) is 3.73. The molecule has 1 unspecified atom stereocenters. The lowest BCUT2D eigenvalue weighted by atomic mass is 10.1. The fourth-order valence-corrected chi connectivity index (χ4v) is 1.50. The van der Waals surface area contributed by atoms with Gasteiger partial charge in [0.1, 0.15) is 5.75 Å². The molecule has 0 aliphatic rings. The molecule has 0 aliphatic heterocycles. The van der Waals surface area contributed by atoms with Crippen LogP contribution in [0.5, 0.6) is 5.75 Å². The predicted molar refractivity (Wildman–Crippen MR) is 65.5 cm³/mol. The molecule has 1 atom stereocenters. The first-order valence-corrected chi connectivity index (χ1v) is 5.78. The van der Waals surface area contributed by atoms with Crippen molar-refractivity contribution in [3.63, 3.8) is 0 Å². The molecular formula is C13H21NO2. The lowest BCUT2D eigenvalue weighted by Gasteiger charge is -2.13. The fraction of sp³-hybridized carbons (Fsp3) is 0.538. The zero-order valence-corrected chi connectivity index (χ0v) is 10.3. The summed E-state index contributed by atoms with van der Waals surface area (Å²) in [4.78, 5) is 0. The predicted octanol–water partition coefficient (Wildman–Crippen LogP) is 2.64. The van der Waals surface area contributed by atoms with Gasteiger partial charge in [-0.15, -0.1) is 0 Å². The van der Waals surface area contributed by atoms with Crippen LogP contribution >= 0.6 is 0 Å². The molecule has 1 aromatic rings. The van der Waals surface area contributed by atoms with E-state index in [2.05, 4.69) is 6.07 Å². The molecule has 0 bridgehead atoms. The van der Waals surface area contributed by atoms with E-state index in [9.17, 15) is 0 Å². The standard InChI is InChI=1S/C13H21NO2/c1-4-15-9-12-8-11(10(3)14)6-7-13(12)16-5-2/h6-8,10H,4-5,9,14H2,1-3H3. The molecule has 0 saturated heterocycles. The third kappa shape index (κ3) is 3.51. The van der Waals surface area contributed by atoms with Crippen molar-refractivity contribution in [2.75, 3.05) is 13.2 Å². The first-order chi connectivity index (χ1) is 7.69. The molecule has 0 saturated carbocycles. The lowest BCUT2D eigenvalue weighted by Crippen LogP contribution is -2.07. The number of rotatable bonds is 6. The highest BCUT2D eigenvalue weighted by atomic mass is 16.5. The Morgan fingerprint density at radius 3 is 2.56 bits per heavy atom. The van der Waals surface area contributed by atoms with Crippen molar-refractivity contribution in [2.24, 2.45) is 5.73 Å². The van der Waals surface area contributed by atoms with E-state index in [-0.39, 0.29) is 6.04 Å². The Balaban J connectivity index is 2.91. The highest BCUT2D eigenvalue weighted by Gasteiger charge is 2.07. The zero-order chi connectivity index (χ0) is 12.0. The summed E-state index contributed by atoms with van der Waals surface area (Å²) in [6, 6.07) is 6.07. The average Bonchev–Trinajstić information content (AvgIpc) is 2.27. The second-order valence-corrected chi connectivity index (χ2v) is 3.73. The van der Waals surface area contributed by atoms with E-state index in [1.807, 2.05) is 32.9 Å². The third-order valence-corrected chi connectivity index (χ3v) is 2.37. The Kier molecular flexibility index (Phi) is 5.29. The van der Waals surface area contributed by atoms with Crippen LogP contribution < -0.4 is 10.5 Å². The van der Waals surface area contributed by atoms with Gasteiger partial charge in [0.15, 0.2) is 0 Å². The highest BCUT2D eigenvalue weighted by Crippen LogP contribution is 2.23. The summed E-state index contributed by atoms with van der Waals surface area (Å²) in [6.07, 6.45) is 0. The molecule has 0 spiro atoms. The van der Waals surface area contributed by atoms with Crippen molar-refractivity contribution in [1.82, 2.24) is 0 Å². The number of benzene rings is 1. The van der Waals surface area contributed by atoms with E-state index < -0.39 is 0 Å². The SMILES string of the molecule is CCOCc1cc(C(C)N)ccc1OCC. The van der Waals surface area contributed by atoms with Gasteiger partial charge in [-0.05, 0) is 38.5 Å². The van der Waals surface area contributed by atoms with Crippen LogP contribution in [0.4, 0.5) is 0 Å². The van der Waals surface area contributed by atoms with Crippen LogP contribution in [-0.2, 0) is 11.3 Å². The maximum absolute atomic E-state index is 5.85. The van der Waals surface area contributed by atoms with Gasteiger partial charge in [0.05, 0.1) is 13.2 Å². The Hall–Kier alpha value is -1.06. The van der Waals surface area contributed by atoms with E-state index in [4.69, 9.17) is 15.2 Å². The van der Waals surface area contributed by atoms with Crippen molar-refractivity contribution in [3.05, 3.63) is 29.3 Å². The van der Waals surface area contributed by atoms with Gasteiger partial charge in [0.25, 0.3) is 0 Å². The van der Waals surface area contributed by atoms with Crippen LogP contribution in [0.3, 0.4) is 0 Å². The normalized spacial score (nSPS) is 12.5. The first-order valence-electron chi connectivity index (χ1n) is 5.78. The molecule has 16 heavy (non-hydrogen) atoms. The molecule has 1 aromatic carbocycles. The van der Waals surface area contributed by atoms with E-state index in [1.165, 1.54) is 0 Å². The lowest BCUT2D eigenvalue weighted by molar-refractivity contribution is 0.131. The smallest absolute Gasteiger partial charge is 0.124 e. The van der Waals surface area contributed by atoms with Crippen molar-refractivity contribution >= 4 is 0 Å². The summed E-state index contributed by atoms with van der Waals surface area (Å²) < 4.78 is 11.0. The van der Waals surface area contributed by atoms with Crippen molar-refractivity contribution in [1.29, 1.82) is 0 Å². The topological polar surface area (TPSA) is 44.5 Å². The Morgan fingerprint density at radius 2 is 2.00 bits per heavy atom. The number of hydrogen-bond acceptors (Lipinski definition) is 3. The van der Waals surface area contributed by atoms with Crippen LogP contribution in [0.2, 0.25) is 0 Å². The van der Waals surface area contributed by atoms with Gasteiger partial charge >= 0.3 is 0 Å². The average molecular weight is 223 g/mol.